The SMILES string of the molecule is Cn1cnc2cc(C(=O)CC3CNCCO3)ccc21. The van der Waals surface area contributed by atoms with E-state index in [4.69, 9.17) is 4.74 Å². The van der Waals surface area contributed by atoms with E-state index in [0.717, 1.165) is 24.1 Å². The smallest absolute Gasteiger partial charge is 0.165 e. The van der Waals surface area contributed by atoms with Crippen LogP contribution in [0.25, 0.3) is 11.0 Å². The summed E-state index contributed by atoms with van der Waals surface area (Å²) in [4.78, 5) is 16.5. The number of hydrogen-bond acceptors (Lipinski definition) is 4. The number of aryl methyl sites for hydroxylation is 1. The number of hydrogen-bond donors (Lipinski definition) is 1. The van der Waals surface area contributed by atoms with E-state index in [9.17, 15) is 4.79 Å². The Hall–Kier alpha value is -1.72. The number of carbonyl (C=O) groups excluding carboxylic acids is 1. The zero-order valence-corrected chi connectivity index (χ0v) is 10.9. The third kappa shape index (κ3) is 2.52. The van der Waals surface area contributed by atoms with Gasteiger partial charge in [-0.3, -0.25) is 4.79 Å². The van der Waals surface area contributed by atoms with E-state index >= 15 is 0 Å². The predicted molar refractivity (Wildman–Crippen MR) is 72.3 cm³/mol. The lowest BCUT2D eigenvalue weighted by Gasteiger charge is -2.22. The summed E-state index contributed by atoms with van der Waals surface area (Å²) in [7, 11) is 1.94. The summed E-state index contributed by atoms with van der Waals surface area (Å²) >= 11 is 0. The molecule has 0 aliphatic carbocycles. The van der Waals surface area contributed by atoms with Crippen molar-refractivity contribution in [1.29, 1.82) is 0 Å². The van der Waals surface area contributed by atoms with Gasteiger partial charge in [-0.1, -0.05) is 0 Å². The summed E-state index contributed by atoms with van der Waals surface area (Å²) in [5.74, 6) is 0.112. The van der Waals surface area contributed by atoms with Gasteiger partial charge in [-0.2, -0.15) is 0 Å². The van der Waals surface area contributed by atoms with Crippen molar-refractivity contribution in [2.24, 2.45) is 7.05 Å². The zero-order chi connectivity index (χ0) is 13.2. The molecule has 1 aliphatic heterocycles. The van der Waals surface area contributed by atoms with Crippen LogP contribution < -0.4 is 5.32 Å². The number of morpholine rings is 1. The van der Waals surface area contributed by atoms with E-state index in [1.807, 2.05) is 29.8 Å². The van der Waals surface area contributed by atoms with Crippen molar-refractivity contribution in [1.82, 2.24) is 14.9 Å². The van der Waals surface area contributed by atoms with Gasteiger partial charge in [0.1, 0.15) is 0 Å². The summed E-state index contributed by atoms with van der Waals surface area (Å²) < 4.78 is 7.50. The Kier molecular flexibility index (Phi) is 3.31. The number of ketones is 1. The van der Waals surface area contributed by atoms with E-state index in [2.05, 4.69) is 10.3 Å². The lowest BCUT2D eigenvalue weighted by atomic mass is 10.0. The van der Waals surface area contributed by atoms with Crippen LogP contribution in [-0.2, 0) is 11.8 Å². The Bertz CT molecular complexity index is 600. The number of carbonyl (C=O) groups is 1. The number of ether oxygens (including phenoxy) is 1. The third-order valence-electron chi connectivity index (χ3n) is 3.46. The second kappa shape index (κ2) is 5.11. The number of imidazole rings is 1. The minimum absolute atomic E-state index is 0.0133. The standard InChI is InChI=1S/C14H17N3O2/c1-17-9-16-12-6-10(2-3-13(12)17)14(18)7-11-8-15-4-5-19-11/h2-3,6,9,11,15H,4-5,7-8H2,1H3. The van der Waals surface area contributed by atoms with Gasteiger partial charge in [-0.25, -0.2) is 4.98 Å². The molecule has 2 heterocycles. The van der Waals surface area contributed by atoms with Crippen LogP contribution in [0.15, 0.2) is 24.5 Å². The number of aromatic nitrogens is 2. The second-order valence-electron chi connectivity index (χ2n) is 4.88. The Balaban J connectivity index is 1.77. The van der Waals surface area contributed by atoms with Crippen molar-refractivity contribution in [2.75, 3.05) is 19.7 Å². The fourth-order valence-electron chi connectivity index (χ4n) is 2.39. The van der Waals surface area contributed by atoms with Crippen molar-refractivity contribution in [3.63, 3.8) is 0 Å². The van der Waals surface area contributed by atoms with Crippen molar-refractivity contribution in [2.45, 2.75) is 12.5 Å². The molecule has 5 nitrogen and oxygen atoms in total. The molecule has 0 amide bonds. The van der Waals surface area contributed by atoms with Crippen LogP contribution in [0.5, 0.6) is 0 Å². The van der Waals surface area contributed by atoms with Gasteiger partial charge in [0.05, 0.1) is 30.1 Å². The first kappa shape index (κ1) is 12.3. The average molecular weight is 259 g/mol. The predicted octanol–water partition coefficient (Wildman–Crippen LogP) is 1.13. The van der Waals surface area contributed by atoms with Crippen LogP contribution in [0.1, 0.15) is 16.8 Å². The third-order valence-corrected chi connectivity index (χ3v) is 3.46. The normalized spacial score (nSPS) is 19.7. The number of rotatable bonds is 3. The van der Waals surface area contributed by atoms with Gasteiger partial charge in [0.25, 0.3) is 0 Å². The Morgan fingerprint density at radius 3 is 3.26 bits per heavy atom. The highest BCUT2D eigenvalue weighted by molar-refractivity contribution is 5.99. The van der Waals surface area contributed by atoms with Crippen LogP contribution in [0.4, 0.5) is 0 Å². The fourth-order valence-corrected chi connectivity index (χ4v) is 2.39. The molecule has 1 aromatic carbocycles. The maximum absolute atomic E-state index is 12.2. The van der Waals surface area contributed by atoms with Crippen molar-refractivity contribution in [3.8, 4) is 0 Å². The largest absolute Gasteiger partial charge is 0.375 e. The quantitative estimate of drug-likeness (QED) is 0.840. The number of fused-ring (bicyclic) bond motifs is 1. The molecule has 0 saturated carbocycles. The highest BCUT2D eigenvalue weighted by Crippen LogP contribution is 2.16. The summed E-state index contributed by atoms with van der Waals surface area (Å²) in [5.41, 5.74) is 2.60. The molecule has 1 unspecified atom stereocenters. The van der Waals surface area contributed by atoms with Gasteiger partial charge in [0.2, 0.25) is 0 Å². The topological polar surface area (TPSA) is 56.2 Å². The van der Waals surface area contributed by atoms with E-state index < -0.39 is 0 Å². The summed E-state index contributed by atoms with van der Waals surface area (Å²) in [6.07, 6.45) is 2.17. The maximum Gasteiger partial charge on any atom is 0.165 e. The molecule has 1 saturated heterocycles. The first-order chi connectivity index (χ1) is 9.24. The highest BCUT2D eigenvalue weighted by atomic mass is 16.5. The lowest BCUT2D eigenvalue weighted by Crippen LogP contribution is -2.39. The Morgan fingerprint density at radius 2 is 2.47 bits per heavy atom. The molecule has 1 aliphatic rings. The molecule has 0 bridgehead atoms. The first-order valence-corrected chi connectivity index (χ1v) is 6.50. The summed E-state index contributed by atoms with van der Waals surface area (Å²) in [6.45, 7) is 2.29. The molecule has 5 heteroatoms. The van der Waals surface area contributed by atoms with Crippen molar-refractivity contribution in [3.05, 3.63) is 30.1 Å². The summed E-state index contributed by atoms with van der Waals surface area (Å²) in [6, 6.07) is 5.66. The number of nitrogens with zero attached hydrogens (tertiary/aromatic N) is 2. The molecular weight excluding hydrogens is 242 g/mol. The van der Waals surface area contributed by atoms with Gasteiger partial charge in [0.15, 0.2) is 5.78 Å². The molecule has 19 heavy (non-hydrogen) atoms. The molecule has 0 radical (unpaired) electrons. The molecule has 1 N–H and O–H groups in total. The van der Waals surface area contributed by atoms with Crippen LogP contribution >= 0.6 is 0 Å². The first-order valence-electron chi connectivity index (χ1n) is 6.50. The molecule has 2 aromatic rings. The zero-order valence-electron chi connectivity index (χ0n) is 10.9. The highest BCUT2D eigenvalue weighted by Gasteiger charge is 2.18. The molecule has 1 fully saturated rings. The molecule has 3 rings (SSSR count). The van der Waals surface area contributed by atoms with Crippen LogP contribution in [0.3, 0.4) is 0 Å². The van der Waals surface area contributed by atoms with Crippen molar-refractivity contribution < 1.29 is 9.53 Å². The molecule has 0 spiro atoms. The molecule has 100 valence electrons. The minimum atomic E-state index is -0.0133. The Morgan fingerprint density at radius 1 is 1.58 bits per heavy atom. The van der Waals surface area contributed by atoms with E-state index in [-0.39, 0.29) is 11.9 Å². The van der Waals surface area contributed by atoms with Gasteiger partial charge in [-0.15, -0.1) is 0 Å². The molecule has 1 aromatic heterocycles. The Labute approximate surface area is 111 Å². The van der Waals surface area contributed by atoms with Crippen LogP contribution in [0, 0.1) is 0 Å². The minimum Gasteiger partial charge on any atom is -0.375 e. The van der Waals surface area contributed by atoms with Crippen molar-refractivity contribution >= 4 is 16.8 Å². The average Bonchev–Trinajstić information content (AvgIpc) is 2.81. The fraction of sp³-hybridized carbons (Fsp3) is 0.429. The molecule has 1 atom stereocenters. The number of Topliss-reactive ketones (excluding diaryl/α,β-unsaturated/α-hetero) is 1. The van der Waals surface area contributed by atoms with E-state index in [1.54, 1.807) is 6.33 Å². The van der Waals surface area contributed by atoms with Gasteiger partial charge in [-0.05, 0) is 18.2 Å². The molecular formula is C14H17N3O2. The van der Waals surface area contributed by atoms with Crippen LogP contribution in [0.2, 0.25) is 0 Å². The van der Waals surface area contributed by atoms with E-state index in [0.29, 0.717) is 18.6 Å². The summed E-state index contributed by atoms with van der Waals surface area (Å²) in [5, 5.41) is 3.23. The van der Waals surface area contributed by atoms with Crippen LogP contribution in [-0.4, -0.2) is 41.1 Å². The maximum atomic E-state index is 12.2. The van der Waals surface area contributed by atoms with Gasteiger partial charge in [0, 0.05) is 32.1 Å². The van der Waals surface area contributed by atoms with Gasteiger partial charge < -0.3 is 14.6 Å². The monoisotopic (exact) mass is 259 g/mol. The second-order valence-corrected chi connectivity index (χ2v) is 4.88. The lowest BCUT2D eigenvalue weighted by molar-refractivity contribution is 0.0240. The van der Waals surface area contributed by atoms with Gasteiger partial charge >= 0.3 is 0 Å². The van der Waals surface area contributed by atoms with E-state index in [1.165, 1.54) is 0 Å². The number of benzene rings is 1. The number of nitrogens with one attached hydrogen (secondary N) is 1.